The molecule has 1 amide bonds. The van der Waals surface area contributed by atoms with E-state index in [0.717, 1.165) is 30.6 Å². The van der Waals surface area contributed by atoms with Crippen molar-refractivity contribution in [3.8, 4) is 6.07 Å². The van der Waals surface area contributed by atoms with E-state index in [1.165, 1.54) is 17.7 Å². The van der Waals surface area contributed by atoms with Crippen molar-refractivity contribution in [1.82, 2.24) is 4.90 Å². The Bertz CT molecular complexity index is 412. The van der Waals surface area contributed by atoms with E-state index in [1.807, 2.05) is 6.07 Å². The number of hydrogen-bond acceptors (Lipinski definition) is 4. The molecule has 124 valence electrons. The van der Waals surface area contributed by atoms with Crippen molar-refractivity contribution in [2.75, 3.05) is 13.1 Å². The van der Waals surface area contributed by atoms with Gasteiger partial charge >= 0.3 is 0 Å². The zero-order valence-corrected chi connectivity index (χ0v) is 13.1. The van der Waals surface area contributed by atoms with Crippen LogP contribution >= 0.6 is 0 Å². The Kier molecular flexibility index (Phi) is 5.76. The van der Waals surface area contributed by atoms with Gasteiger partial charge in [0.1, 0.15) is 12.2 Å². The molecule has 0 spiro atoms. The molecule has 1 aliphatic heterocycles. The van der Waals surface area contributed by atoms with Crippen molar-refractivity contribution >= 4 is 5.91 Å². The molecule has 4 unspecified atom stereocenters. The largest absolute Gasteiger partial charge is 0.393 e. The fourth-order valence-corrected chi connectivity index (χ4v) is 4.19. The molecule has 2 aliphatic carbocycles. The third-order valence-electron chi connectivity index (χ3n) is 5.12. The molecule has 0 aromatic rings. The van der Waals surface area contributed by atoms with Crippen LogP contribution in [-0.2, 0) is 4.79 Å². The van der Waals surface area contributed by atoms with Crippen LogP contribution < -0.4 is 5.73 Å². The average Bonchev–Trinajstić information content (AvgIpc) is 3.10. The van der Waals surface area contributed by atoms with Crippen molar-refractivity contribution in [1.29, 1.82) is 5.26 Å². The first-order valence-electron chi connectivity index (χ1n) is 8.15. The number of nitrogens with two attached hydrogens (primary N) is 1. The minimum atomic E-state index is -1.08. The molecule has 6 heteroatoms. The predicted octanol–water partition coefficient (Wildman–Crippen LogP) is 1.21. The van der Waals surface area contributed by atoms with Gasteiger partial charge in [0, 0.05) is 6.42 Å². The Morgan fingerprint density at radius 1 is 1.32 bits per heavy atom. The van der Waals surface area contributed by atoms with Crippen molar-refractivity contribution in [3.63, 3.8) is 0 Å². The smallest absolute Gasteiger partial charge is 0.237 e. The van der Waals surface area contributed by atoms with Gasteiger partial charge in [-0.15, -0.1) is 0 Å². The SMILES string of the molecule is CC1C[C@@H]2CC(O)C[C@@H]2C1.N#CC1CC(F)CN1C(=O)CN. The van der Waals surface area contributed by atoms with E-state index >= 15 is 0 Å². The lowest BCUT2D eigenvalue weighted by atomic mass is 10.0. The van der Waals surface area contributed by atoms with Gasteiger partial charge in [-0.25, -0.2) is 4.39 Å². The van der Waals surface area contributed by atoms with Gasteiger partial charge in [-0.1, -0.05) is 6.92 Å². The number of fused-ring (bicyclic) bond motifs is 1. The summed E-state index contributed by atoms with van der Waals surface area (Å²) in [5.41, 5.74) is 5.09. The molecule has 0 radical (unpaired) electrons. The molecule has 3 fully saturated rings. The zero-order valence-electron chi connectivity index (χ0n) is 13.1. The summed E-state index contributed by atoms with van der Waals surface area (Å²) in [4.78, 5) is 12.2. The Balaban J connectivity index is 0.000000162. The summed E-state index contributed by atoms with van der Waals surface area (Å²) < 4.78 is 12.7. The van der Waals surface area contributed by atoms with Crippen molar-refractivity contribution in [2.24, 2.45) is 23.5 Å². The number of likely N-dealkylation sites (tertiary alicyclic amines) is 1. The summed E-state index contributed by atoms with van der Waals surface area (Å²) in [7, 11) is 0. The van der Waals surface area contributed by atoms with Crippen LogP contribution in [0.4, 0.5) is 4.39 Å². The number of alkyl halides is 1. The Morgan fingerprint density at radius 2 is 1.91 bits per heavy atom. The molecule has 3 aliphatic rings. The van der Waals surface area contributed by atoms with Crippen LogP contribution in [0.2, 0.25) is 0 Å². The normalized spacial score (nSPS) is 39.9. The monoisotopic (exact) mass is 311 g/mol. The Labute approximate surface area is 131 Å². The summed E-state index contributed by atoms with van der Waals surface area (Å²) in [6.07, 6.45) is 4.02. The van der Waals surface area contributed by atoms with Crippen molar-refractivity contribution in [2.45, 2.75) is 57.3 Å². The highest BCUT2D eigenvalue weighted by Crippen LogP contribution is 2.46. The summed E-state index contributed by atoms with van der Waals surface area (Å²) in [5, 5.41) is 17.9. The van der Waals surface area contributed by atoms with E-state index in [1.54, 1.807) is 0 Å². The number of carbonyl (C=O) groups excluding carboxylic acids is 1. The van der Waals surface area contributed by atoms with Crippen LogP contribution in [0.15, 0.2) is 0 Å². The third kappa shape index (κ3) is 3.96. The van der Waals surface area contributed by atoms with E-state index < -0.39 is 12.2 Å². The molecule has 5 nitrogen and oxygen atoms in total. The Hall–Kier alpha value is -1.19. The van der Waals surface area contributed by atoms with Gasteiger partial charge in [0.25, 0.3) is 0 Å². The highest BCUT2D eigenvalue weighted by Gasteiger charge is 2.39. The molecule has 0 bridgehead atoms. The van der Waals surface area contributed by atoms with Gasteiger partial charge < -0.3 is 15.7 Å². The van der Waals surface area contributed by atoms with Gasteiger partial charge in [-0.3, -0.25) is 4.79 Å². The molecule has 22 heavy (non-hydrogen) atoms. The standard InChI is InChI=1S/C9H16O.C7H10FN3O/c1-6-2-7-4-9(10)5-8(7)3-6;8-5-1-6(2-9)11(4-5)7(12)3-10/h6-10H,2-5H2,1H3;5-6H,1,3-4,10H2/t6?,7-,8+,9?;. The maximum atomic E-state index is 12.7. The lowest BCUT2D eigenvalue weighted by Crippen LogP contribution is -2.39. The van der Waals surface area contributed by atoms with E-state index in [4.69, 9.17) is 11.0 Å². The maximum absolute atomic E-state index is 12.7. The quantitative estimate of drug-likeness (QED) is 0.761. The van der Waals surface area contributed by atoms with Gasteiger partial charge in [-0.05, 0) is 43.4 Å². The first-order valence-corrected chi connectivity index (χ1v) is 8.15. The first kappa shape index (κ1) is 17.2. The lowest BCUT2D eigenvalue weighted by Gasteiger charge is -2.17. The summed E-state index contributed by atoms with van der Waals surface area (Å²) in [6.45, 7) is 2.18. The minimum absolute atomic E-state index is 0.00819. The number of halogens is 1. The van der Waals surface area contributed by atoms with E-state index in [2.05, 4.69) is 6.92 Å². The van der Waals surface area contributed by atoms with Crippen LogP contribution in [0.25, 0.3) is 0 Å². The van der Waals surface area contributed by atoms with Gasteiger partial charge in [0.15, 0.2) is 0 Å². The van der Waals surface area contributed by atoms with Gasteiger partial charge in [0.2, 0.25) is 5.91 Å². The number of rotatable bonds is 1. The summed E-state index contributed by atoms with van der Waals surface area (Å²) >= 11 is 0. The number of carbonyl (C=O) groups is 1. The predicted molar refractivity (Wildman–Crippen MR) is 80.3 cm³/mol. The van der Waals surface area contributed by atoms with E-state index in [-0.39, 0.29) is 31.5 Å². The van der Waals surface area contributed by atoms with Crippen LogP contribution in [0.5, 0.6) is 0 Å². The highest BCUT2D eigenvalue weighted by atomic mass is 19.1. The molecule has 2 saturated carbocycles. The zero-order chi connectivity index (χ0) is 16.3. The van der Waals surface area contributed by atoms with Crippen LogP contribution in [0.3, 0.4) is 0 Å². The number of aliphatic hydroxyl groups excluding tert-OH is 1. The molecule has 6 atom stereocenters. The van der Waals surface area contributed by atoms with E-state index in [0.29, 0.717) is 0 Å². The second-order valence-corrected chi connectivity index (χ2v) is 6.95. The maximum Gasteiger partial charge on any atom is 0.237 e. The number of nitriles is 1. The van der Waals surface area contributed by atoms with Crippen LogP contribution in [0.1, 0.15) is 39.0 Å². The molecular formula is C16H26FN3O2. The second-order valence-electron chi connectivity index (χ2n) is 6.95. The molecule has 3 N–H and O–H groups in total. The first-order chi connectivity index (χ1) is 10.4. The molecular weight excluding hydrogens is 285 g/mol. The molecule has 1 saturated heterocycles. The molecule has 0 aromatic carbocycles. The Morgan fingerprint density at radius 3 is 2.41 bits per heavy atom. The fraction of sp³-hybridized carbons (Fsp3) is 0.875. The van der Waals surface area contributed by atoms with Gasteiger partial charge in [0.05, 0.1) is 25.3 Å². The number of nitrogens with zero attached hydrogens (tertiary/aromatic N) is 2. The number of aliphatic hydroxyl groups is 1. The van der Waals surface area contributed by atoms with Crippen molar-refractivity contribution < 1.29 is 14.3 Å². The molecule has 0 aromatic heterocycles. The molecule has 1 heterocycles. The molecule has 3 rings (SSSR count). The van der Waals surface area contributed by atoms with Crippen molar-refractivity contribution in [3.05, 3.63) is 0 Å². The summed E-state index contributed by atoms with van der Waals surface area (Å²) in [5.74, 6) is 2.33. The van der Waals surface area contributed by atoms with E-state index in [9.17, 15) is 14.3 Å². The second kappa shape index (κ2) is 7.38. The highest BCUT2D eigenvalue weighted by molar-refractivity contribution is 5.79. The fourth-order valence-electron chi connectivity index (χ4n) is 4.19. The van der Waals surface area contributed by atoms with Crippen LogP contribution in [-0.4, -0.2) is 47.3 Å². The third-order valence-corrected chi connectivity index (χ3v) is 5.12. The lowest BCUT2D eigenvalue weighted by molar-refractivity contribution is -0.129. The number of hydrogen-bond donors (Lipinski definition) is 2. The summed E-state index contributed by atoms with van der Waals surface area (Å²) in [6, 6.07) is 1.24. The van der Waals surface area contributed by atoms with Gasteiger partial charge in [-0.2, -0.15) is 5.26 Å². The average molecular weight is 311 g/mol. The minimum Gasteiger partial charge on any atom is -0.393 e. The number of amides is 1. The topological polar surface area (TPSA) is 90.3 Å². The van der Waals surface area contributed by atoms with Crippen LogP contribution in [0, 0.1) is 29.1 Å².